The summed E-state index contributed by atoms with van der Waals surface area (Å²) < 4.78 is 7.39. The molecular formula is C15H18ClN3O. The maximum absolute atomic E-state index is 6.40. The first-order valence-electron chi connectivity index (χ1n) is 6.73. The first kappa shape index (κ1) is 13.5. The van der Waals surface area contributed by atoms with Crippen molar-refractivity contribution < 1.29 is 4.74 Å². The average molecular weight is 292 g/mol. The van der Waals surface area contributed by atoms with E-state index in [-0.39, 0.29) is 12.0 Å². The van der Waals surface area contributed by atoms with Crippen LogP contribution in [0.15, 0.2) is 24.3 Å². The van der Waals surface area contributed by atoms with Crippen LogP contribution >= 0.6 is 11.6 Å². The monoisotopic (exact) mass is 291 g/mol. The Hall–Kier alpha value is -1.52. The van der Waals surface area contributed by atoms with E-state index < -0.39 is 0 Å². The van der Waals surface area contributed by atoms with E-state index in [2.05, 4.69) is 11.2 Å². The second-order valence-corrected chi connectivity index (χ2v) is 5.66. The van der Waals surface area contributed by atoms with Gasteiger partial charge in [-0.2, -0.15) is 5.10 Å². The molecule has 4 nitrogen and oxygen atoms in total. The molecular weight excluding hydrogens is 274 g/mol. The number of halogens is 1. The van der Waals surface area contributed by atoms with E-state index in [1.165, 1.54) is 5.56 Å². The molecule has 2 heterocycles. The highest BCUT2D eigenvalue weighted by molar-refractivity contribution is 6.30. The molecule has 0 saturated heterocycles. The molecule has 106 valence electrons. The lowest BCUT2D eigenvalue weighted by Crippen LogP contribution is -2.32. The van der Waals surface area contributed by atoms with Crippen molar-refractivity contribution in [1.29, 1.82) is 0 Å². The van der Waals surface area contributed by atoms with Crippen LogP contribution in [0.25, 0.3) is 0 Å². The highest BCUT2D eigenvalue weighted by Crippen LogP contribution is 2.36. The molecule has 0 aliphatic carbocycles. The van der Waals surface area contributed by atoms with Crippen molar-refractivity contribution in [3.63, 3.8) is 0 Å². The zero-order valence-electron chi connectivity index (χ0n) is 11.6. The minimum Gasteiger partial charge on any atom is -0.493 e. The molecule has 0 bridgehead atoms. The third kappa shape index (κ3) is 2.19. The molecule has 0 saturated carbocycles. The number of rotatable bonds is 3. The van der Waals surface area contributed by atoms with Gasteiger partial charge in [-0.05, 0) is 19.4 Å². The summed E-state index contributed by atoms with van der Waals surface area (Å²) in [6.07, 6.45) is 0.709. The summed E-state index contributed by atoms with van der Waals surface area (Å²) in [5.74, 6) is 1.16. The number of para-hydroxylation sites is 1. The van der Waals surface area contributed by atoms with Gasteiger partial charge in [-0.15, -0.1) is 0 Å². The van der Waals surface area contributed by atoms with Gasteiger partial charge in [0.15, 0.2) is 0 Å². The predicted molar refractivity (Wildman–Crippen MR) is 79.3 cm³/mol. The molecule has 1 aromatic heterocycles. The van der Waals surface area contributed by atoms with E-state index in [0.717, 1.165) is 17.0 Å². The number of fused-ring (bicyclic) bond motifs is 1. The second-order valence-electron chi connectivity index (χ2n) is 5.30. The molecule has 2 N–H and O–H groups in total. The van der Waals surface area contributed by atoms with Crippen molar-refractivity contribution in [3.05, 3.63) is 46.2 Å². The maximum atomic E-state index is 6.40. The minimum atomic E-state index is -0.0287. The Kier molecular flexibility index (Phi) is 3.44. The van der Waals surface area contributed by atoms with Crippen LogP contribution in [0.4, 0.5) is 0 Å². The fraction of sp³-hybridized carbons (Fsp3) is 0.400. The SMILES string of the molecule is Cc1nn(C)c(Cl)c1CC(N)C1COc2ccccc21. The van der Waals surface area contributed by atoms with E-state index in [9.17, 15) is 0 Å². The van der Waals surface area contributed by atoms with E-state index in [0.29, 0.717) is 18.2 Å². The fourth-order valence-electron chi connectivity index (χ4n) is 2.83. The first-order chi connectivity index (χ1) is 9.58. The maximum Gasteiger partial charge on any atom is 0.130 e. The number of ether oxygens (including phenoxy) is 1. The topological polar surface area (TPSA) is 53.1 Å². The van der Waals surface area contributed by atoms with Gasteiger partial charge in [0.05, 0.1) is 12.3 Å². The summed E-state index contributed by atoms with van der Waals surface area (Å²) in [6, 6.07) is 8.05. The molecule has 1 aliphatic heterocycles. The summed E-state index contributed by atoms with van der Waals surface area (Å²) in [7, 11) is 1.85. The standard InChI is InChI=1S/C15H18ClN3O/c1-9-11(15(16)19(2)18-9)7-13(17)12-8-20-14-6-4-3-5-10(12)14/h3-6,12-13H,7-8,17H2,1-2H3. The number of hydrogen-bond donors (Lipinski definition) is 1. The summed E-state index contributed by atoms with van der Waals surface area (Å²) >= 11 is 6.28. The Morgan fingerprint density at radius 2 is 2.25 bits per heavy atom. The van der Waals surface area contributed by atoms with Gasteiger partial charge in [-0.3, -0.25) is 4.68 Å². The molecule has 2 aromatic rings. The quantitative estimate of drug-likeness (QED) is 0.945. The van der Waals surface area contributed by atoms with Crippen LogP contribution in [0, 0.1) is 6.92 Å². The van der Waals surface area contributed by atoms with Crippen LogP contribution < -0.4 is 10.5 Å². The molecule has 2 unspecified atom stereocenters. The molecule has 0 radical (unpaired) electrons. The zero-order valence-corrected chi connectivity index (χ0v) is 12.4. The van der Waals surface area contributed by atoms with Gasteiger partial charge in [0, 0.05) is 30.1 Å². The number of benzene rings is 1. The Bertz CT molecular complexity index is 638. The van der Waals surface area contributed by atoms with Gasteiger partial charge in [0.25, 0.3) is 0 Å². The zero-order chi connectivity index (χ0) is 14.3. The van der Waals surface area contributed by atoms with E-state index in [1.807, 2.05) is 32.2 Å². The highest BCUT2D eigenvalue weighted by Gasteiger charge is 2.30. The lowest BCUT2D eigenvalue weighted by atomic mass is 9.90. The van der Waals surface area contributed by atoms with E-state index in [1.54, 1.807) is 4.68 Å². The Labute approximate surface area is 123 Å². The van der Waals surface area contributed by atoms with Crippen molar-refractivity contribution in [3.8, 4) is 5.75 Å². The minimum absolute atomic E-state index is 0.0287. The molecule has 2 atom stereocenters. The van der Waals surface area contributed by atoms with Crippen molar-refractivity contribution >= 4 is 11.6 Å². The normalized spacial score (nSPS) is 18.7. The third-order valence-electron chi connectivity index (χ3n) is 3.96. The molecule has 5 heteroatoms. The van der Waals surface area contributed by atoms with Gasteiger partial charge < -0.3 is 10.5 Å². The number of aromatic nitrogens is 2. The third-order valence-corrected chi connectivity index (χ3v) is 4.44. The van der Waals surface area contributed by atoms with Gasteiger partial charge in [-0.1, -0.05) is 29.8 Å². The molecule has 0 spiro atoms. The lowest BCUT2D eigenvalue weighted by Gasteiger charge is -2.18. The number of nitrogens with two attached hydrogens (primary N) is 1. The van der Waals surface area contributed by atoms with Crippen molar-refractivity contribution in [2.24, 2.45) is 12.8 Å². The van der Waals surface area contributed by atoms with Crippen LogP contribution in [0.5, 0.6) is 5.75 Å². The van der Waals surface area contributed by atoms with Crippen LogP contribution in [0.2, 0.25) is 5.15 Å². The summed E-state index contributed by atoms with van der Waals surface area (Å²) in [4.78, 5) is 0. The van der Waals surface area contributed by atoms with Crippen LogP contribution in [-0.4, -0.2) is 22.4 Å². The number of aryl methyl sites for hydroxylation is 2. The Balaban J connectivity index is 1.83. The van der Waals surface area contributed by atoms with Gasteiger partial charge in [-0.25, -0.2) is 0 Å². The van der Waals surface area contributed by atoms with Gasteiger partial charge >= 0.3 is 0 Å². The smallest absolute Gasteiger partial charge is 0.130 e. The number of nitrogens with zero attached hydrogens (tertiary/aromatic N) is 2. The van der Waals surface area contributed by atoms with Crippen molar-refractivity contribution in [2.75, 3.05) is 6.61 Å². The molecule has 20 heavy (non-hydrogen) atoms. The van der Waals surface area contributed by atoms with Crippen LogP contribution in [-0.2, 0) is 13.5 Å². The fourth-order valence-corrected chi connectivity index (χ4v) is 3.08. The largest absolute Gasteiger partial charge is 0.493 e. The van der Waals surface area contributed by atoms with Crippen LogP contribution in [0.1, 0.15) is 22.7 Å². The van der Waals surface area contributed by atoms with Crippen molar-refractivity contribution in [2.45, 2.75) is 25.3 Å². The molecule has 0 amide bonds. The first-order valence-corrected chi connectivity index (χ1v) is 7.11. The molecule has 1 aromatic carbocycles. The lowest BCUT2D eigenvalue weighted by molar-refractivity contribution is 0.313. The van der Waals surface area contributed by atoms with Crippen LogP contribution in [0.3, 0.4) is 0 Å². The van der Waals surface area contributed by atoms with Gasteiger partial charge in [0.2, 0.25) is 0 Å². The Morgan fingerprint density at radius 3 is 2.95 bits per heavy atom. The summed E-state index contributed by atoms with van der Waals surface area (Å²) in [5, 5.41) is 5.00. The second kappa shape index (κ2) is 5.11. The van der Waals surface area contributed by atoms with Gasteiger partial charge in [0.1, 0.15) is 10.9 Å². The Morgan fingerprint density at radius 1 is 1.50 bits per heavy atom. The molecule has 0 fully saturated rings. The van der Waals surface area contributed by atoms with E-state index >= 15 is 0 Å². The summed E-state index contributed by atoms with van der Waals surface area (Å²) in [5.41, 5.74) is 9.57. The summed E-state index contributed by atoms with van der Waals surface area (Å²) in [6.45, 7) is 2.60. The van der Waals surface area contributed by atoms with E-state index in [4.69, 9.17) is 22.1 Å². The van der Waals surface area contributed by atoms with Crippen molar-refractivity contribution in [1.82, 2.24) is 9.78 Å². The highest BCUT2D eigenvalue weighted by atomic mass is 35.5. The predicted octanol–water partition coefficient (Wildman–Crippen LogP) is 2.43. The molecule has 1 aliphatic rings. The average Bonchev–Trinajstić information content (AvgIpc) is 2.96. The number of hydrogen-bond acceptors (Lipinski definition) is 3. The molecule has 3 rings (SSSR count).